The lowest BCUT2D eigenvalue weighted by Gasteiger charge is -2.29. The first-order valence-electron chi connectivity index (χ1n) is 7.58. The van der Waals surface area contributed by atoms with Crippen LogP contribution in [0.2, 0.25) is 0 Å². The summed E-state index contributed by atoms with van der Waals surface area (Å²) in [4.78, 5) is 35.5. The molecule has 8 nitrogen and oxygen atoms in total. The average molecular weight is 391 g/mol. The van der Waals surface area contributed by atoms with E-state index in [9.17, 15) is 37.1 Å². The molecule has 0 radical (unpaired) electrons. The normalized spacial score (nSPS) is 20.3. The van der Waals surface area contributed by atoms with E-state index in [1.54, 1.807) is 0 Å². The minimum absolute atomic E-state index is 0.221. The molecule has 26 heavy (non-hydrogen) atoms. The predicted octanol–water partition coefficient (Wildman–Crippen LogP) is 2.70. The Morgan fingerprint density at radius 2 is 1.81 bits per heavy atom. The number of imide groups is 1. The first-order chi connectivity index (χ1) is 12.1. The van der Waals surface area contributed by atoms with Gasteiger partial charge >= 0.3 is 12.2 Å². The van der Waals surface area contributed by atoms with Crippen LogP contribution in [0.4, 0.5) is 23.7 Å². The molecule has 3 amide bonds. The Kier molecular flexibility index (Phi) is 4.46. The van der Waals surface area contributed by atoms with Gasteiger partial charge in [-0.3, -0.25) is 14.9 Å². The van der Waals surface area contributed by atoms with Crippen LogP contribution in [0.1, 0.15) is 35.2 Å². The van der Waals surface area contributed by atoms with Gasteiger partial charge in [0.1, 0.15) is 0 Å². The molecule has 0 spiro atoms. The summed E-state index contributed by atoms with van der Waals surface area (Å²) in [7, 11) is -2.58. The van der Waals surface area contributed by atoms with Crippen molar-refractivity contribution in [2.24, 2.45) is 0 Å². The number of piperidine rings is 1. The van der Waals surface area contributed by atoms with Gasteiger partial charge in [0.25, 0.3) is 11.6 Å². The number of amides is 3. The van der Waals surface area contributed by atoms with Gasteiger partial charge in [0, 0.05) is 19.2 Å². The third kappa shape index (κ3) is 2.93. The molecule has 1 aromatic carbocycles. The number of nitro groups is 1. The van der Waals surface area contributed by atoms with E-state index in [1.165, 1.54) is 4.90 Å². The second-order valence-corrected chi connectivity index (χ2v) is 7.08. The number of urea groups is 1. The van der Waals surface area contributed by atoms with Gasteiger partial charge < -0.3 is 4.90 Å². The number of nitrogens with zero attached hydrogens (tertiary/aromatic N) is 3. The number of hydrogen-bond acceptors (Lipinski definition) is 5. The van der Waals surface area contributed by atoms with Crippen molar-refractivity contribution >= 4 is 28.6 Å². The molecule has 3 rings (SSSR count). The Morgan fingerprint density at radius 3 is 2.35 bits per heavy atom. The lowest BCUT2D eigenvalue weighted by molar-refractivity contribution is -0.388. The van der Waals surface area contributed by atoms with Gasteiger partial charge in [-0.05, 0) is 25.3 Å². The Labute approximate surface area is 147 Å². The Hall–Kier alpha value is -2.50. The molecule has 1 unspecified atom stereocenters. The molecular weight excluding hydrogens is 379 g/mol. The van der Waals surface area contributed by atoms with Crippen molar-refractivity contribution in [2.45, 2.75) is 30.3 Å². The van der Waals surface area contributed by atoms with E-state index >= 15 is 0 Å². The van der Waals surface area contributed by atoms with E-state index in [1.807, 2.05) is 0 Å². The molecular formula is C14H12F3N3O5S. The molecule has 1 atom stereocenters. The highest BCUT2D eigenvalue weighted by atomic mass is 32.2. The zero-order valence-corrected chi connectivity index (χ0v) is 13.9. The number of benzene rings is 1. The molecule has 1 aromatic rings. The van der Waals surface area contributed by atoms with Crippen LogP contribution in [-0.4, -0.2) is 43.4 Å². The molecule has 1 fully saturated rings. The smallest absolute Gasteiger partial charge is 0.323 e. The van der Waals surface area contributed by atoms with Crippen molar-refractivity contribution in [3.05, 3.63) is 33.4 Å². The number of alkyl halides is 3. The van der Waals surface area contributed by atoms with Crippen molar-refractivity contribution in [3.63, 3.8) is 0 Å². The molecule has 0 saturated carbocycles. The molecule has 0 bridgehead atoms. The summed E-state index contributed by atoms with van der Waals surface area (Å²) >= 11 is 0. The van der Waals surface area contributed by atoms with Crippen LogP contribution < -0.4 is 0 Å². The Morgan fingerprint density at radius 1 is 1.19 bits per heavy atom. The van der Waals surface area contributed by atoms with E-state index in [0.717, 1.165) is 6.42 Å². The third-order valence-electron chi connectivity index (χ3n) is 4.15. The summed E-state index contributed by atoms with van der Waals surface area (Å²) in [5.41, 5.74) is -3.26. The fraction of sp³-hybridized carbons (Fsp3) is 0.429. The number of nitro benzene ring substituents is 1. The topological polar surface area (TPSA) is 101 Å². The average Bonchev–Trinajstić information content (AvgIpc) is 2.84. The number of fused-ring (bicyclic) bond motifs is 1. The second-order valence-electron chi connectivity index (χ2n) is 5.81. The lowest BCUT2D eigenvalue weighted by Crippen LogP contribution is -2.46. The van der Waals surface area contributed by atoms with Crippen molar-refractivity contribution in [3.8, 4) is 0 Å². The fourth-order valence-corrected chi connectivity index (χ4v) is 4.24. The molecule has 140 valence electrons. The van der Waals surface area contributed by atoms with Crippen molar-refractivity contribution in [1.29, 1.82) is 0 Å². The molecule has 12 heteroatoms. The summed E-state index contributed by atoms with van der Waals surface area (Å²) in [5, 5.41) is 11.1. The van der Waals surface area contributed by atoms with Crippen LogP contribution in [-0.2, 0) is 17.2 Å². The van der Waals surface area contributed by atoms with Gasteiger partial charge in [0.15, 0.2) is 15.9 Å². The number of carbonyl (C=O) groups is 2. The van der Waals surface area contributed by atoms with Crippen molar-refractivity contribution in [1.82, 2.24) is 9.21 Å². The minimum Gasteiger partial charge on any atom is -0.323 e. The van der Waals surface area contributed by atoms with Crippen LogP contribution >= 0.6 is 0 Å². The summed E-state index contributed by atoms with van der Waals surface area (Å²) in [5.74, 6) is -1.23. The number of carbonyl (C=O) groups excluding carboxylic acids is 2. The largest absolute Gasteiger partial charge is 0.416 e. The number of hydrogen-bond donors (Lipinski definition) is 0. The van der Waals surface area contributed by atoms with Gasteiger partial charge in [-0.2, -0.15) is 17.5 Å². The van der Waals surface area contributed by atoms with Crippen molar-refractivity contribution < 1.29 is 31.9 Å². The van der Waals surface area contributed by atoms with E-state index in [-0.39, 0.29) is 6.07 Å². The lowest BCUT2D eigenvalue weighted by atomic mass is 10.1. The summed E-state index contributed by atoms with van der Waals surface area (Å²) < 4.78 is 51.8. The zero-order valence-electron chi connectivity index (χ0n) is 13.1. The Bertz CT molecular complexity index is 836. The number of halogens is 3. The van der Waals surface area contributed by atoms with Gasteiger partial charge in [-0.25, -0.2) is 9.00 Å². The maximum absolute atomic E-state index is 13.0. The quantitative estimate of drug-likeness (QED) is 0.541. The van der Waals surface area contributed by atoms with Gasteiger partial charge in [-0.15, -0.1) is 0 Å². The standard InChI is InChI=1S/C14H12F3N3O5S/c15-14(16,17)8-6-9-11(10(7-8)20(23)24)26(25)19(12(9)21)13(22)18-4-2-1-3-5-18/h6-7H,1-5H2. The SMILES string of the molecule is O=C1c2cc(C(F)(F)F)cc([N+](=O)[O-])c2S(=O)N1C(=O)N1CCCCC1. The first-order valence-corrected chi connectivity index (χ1v) is 8.68. The van der Waals surface area contributed by atoms with E-state index < -0.39 is 55.7 Å². The van der Waals surface area contributed by atoms with E-state index in [2.05, 4.69) is 0 Å². The minimum atomic E-state index is -4.94. The third-order valence-corrected chi connectivity index (χ3v) is 5.58. The monoisotopic (exact) mass is 391 g/mol. The molecule has 0 aromatic heterocycles. The van der Waals surface area contributed by atoms with Gasteiger partial charge in [0.05, 0.1) is 16.1 Å². The maximum Gasteiger partial charge on any atom is 0.416 e. The predicted molar refractivity (Wildman–Crippen MR) is 81.5 cm³/mol. The molecule has 0 aliphatic carbocycles. The van der Waals surface area contributed by atoms with Crippen LogP contribution in [0.25, 0.3) is 0 Å². The van der Waals surface area contributed by atoms with E-state index in [4.69, 9.17) is 0 Å². The highest BCUT2D eigenvalue weighted by Gasteiger charge is 2.47. The zero-order chi connectivity index (χ0) is 19.2. The molecule has 0 N–H and O–H groups in total. The number of rotatable bonds is 1. The van der Waals surface area contributed by atoms with Gasteiger partial charge in [-0.1, -0.05) is 0 Å². The van der Waals surface area contributed by atoms with E-state index in [0.29, 0.717) is 36.3 Å². The van der Waals surface area contributed by atoms with Crippen LogP contribution in [0.15, 0.2) is 17.0 Å². The summed E-state index contributed by atoms with van der Waals surface area (Å²) in [6, 6.07) is -0.308. The first kappa shape index (κ1) is 18.3. The van der Waals surface area contributed by atoms with Crippen molar-refractivity contribution in [2.75, 3.05) is 13.1 Å². The molecule has 2 aliphatic rings. The summed E-state index contributed by atoms with van der Waals surface area (Å²) in [6.45, 7) is 0.623. The second kappa shape index (κ2) is 6.34. The maximum atomic E-state index is 13.0. The summed E-state index contributed by atoms with van der Waals surface area (Å²) in [6.07, 6.45) is -2.72. The fourth-order valence-electron chi connectivity index (χ4n) is 2.90. The number of likely N-dealkylation sites (tertiary alicyclic amines) is 1. The van der Waals surface area contributed by atoms with Crippen LogP contribution in [0, 0.1) is 10.1 Å². The molecule has 2 aliphatic heterocycles. The van der Waals surface area contributed by atoms with Crippen LogP contribution in [0.5, 0.6) is 0 Å². The highest BCUT2D eigenvalue weighted by Crippen LogP contribution is 2.40. The molecule has 1 saturated heterocycles. The molecule has 2 heterocycles. The highest BCUT2D eigenvalue weighted by molar-refractivity contribution is 7.84. The van der Waals surface area contributed by atoms with Gasteiger partial charge in [0.2, 0.25) is 0 Å². The Balaban J connectivity index is 2.08. The van der Waals surface area contributed by atoms with Crippen LogP contribution in [0.3, 0.4) is 0 Å².